The minimum atomic E-state index is -0.639. The van der Waals surface area contributed by atoms with Crippen molar-refractivity contribution in [1.82, 2.24) is 20.0 Å². The molecular formula is C31H46N4O4. The lowest BCUT2D eigenvalue weighted by Gasteiger charge is -2.34. The lowest BCUT2D eigenvalue weighted by molar-refractivity contribution is -0.133. The number of rotatable bonds is 16. The second-order valence-electron chi connectivity index (χ2n) is 10.2. The van der Waals surface area contributed by atoms with Crippen LogP contribution in [0, 0.1) is 0 Å². The third kappa shape index (κ3) is 10.3. The third-order valence-electron chi connectivity index (χ3n) is 7.07. The molecule has 39 heavy (non-hydrogen) atoms. The first-order chi connectivity index (χ1) is 19.0. The fourth-order valence-electron chi connectivity index (χ4n) is 4.94. The van der Waals surface area contributed by atoms with E-state index in [4.69, 9.17) is 9.84 Å². The van der Waals surface area contributed by atoms with Crippen LogP contribution in [-0.4, -0.2) is 103 Å². The van der Waals surface area contributed by atoms with Gasteiger partial charge in [-0.1, -0.05) is 44.2 Å². The molecule has 2 aromatic carbocycles. The van der Waals surface area contributed by atoms with E-state index < -0.39 is 6.04 Å². The van der Waals surface area contributed by atoms with Crippen LogP contribution >= 0.6 is 0 Å². The number of carbonyl (C=O) groups is 2. The Morgan fingerprint density at radius 1 is 0.923 bits per heavy atom. The molecule has 3 rings (SSSR count). The number of hydrogen-bond donors (Lipinski definition) is 2. The van der Waals surface area contributed by atoms with Crippen LogP contribution in [-0.2, 0) is 11.2 Å². The molecule has 1 aliphatic heterocycles. The molecule has 0 aliphatic carbocycles. The molecule has 0 bridgehead atoms. The summed E-state index contributed by atoms with van der Waals surface area (Å²) in [5, 5.41) is 12.1. The molecule has 1 saturated heterocycles. The van der Waals surface area contributed by atoms with Gasteiger partial charge in [0.25, 0.3) is 5.91 Å². The number of β-amino-alcohol motifs (C(OH)–C–C–N with tert-alkyl or cyclic N) is 1. The summed E-state index contributed by atoms with van der Waals surface area (Å²) in [6.07, 6.45) is 3.12. The topological polar surface area (TPSA) is 85.3 Å². The predicted molar refractivity (Wildman–Crippen MR) is 155 cm³/mol. The van der Waals surface area contributed by atoms with Crippen LogP contribution in [0.1, 0.15) is 49.0 Å². The van der Waals surface area contributed by atoms with Gasteiger partial charge in [-0.25, -0.2) is 0 Å². The Bertz CT molecular complexity index is 972. The summed E-state index contributed by atoms with van der Waals surface area (Å²) in [7, 11) is 0. The molecule has 0 unspecified atom stereocenters. The maximum Gasteiger partial charge on any atom is 0.251 e. The fraction of sp³-hybridized carbons (Fsp3) is 0.548. The number of ether oxygens (including phenoxy) is 1. The monoisotopic (exact) mass is 538 g/mol. The Morgan fingerprint density at radius 3 is 2.13 bits per heavy atom. The van der Waals surface area contributed by atoms with Gasteiger partial charge in [0.15, 0.2) is 0 Å². The van der Waals surface area contributed by atoms with Gasteiger partial charge in [0.1, 0.15) is 11.8 Å². The van der Waals surface area contributed by atoms with Crippen molar-refractivity contribution in [3.8, 4) is 5.75 Å². The van der Waals surface area contributed by atoms with Gasteiger partial charge in [0.05, 0.1) is 13.2 Å². The van der Waals surface area contributed by atoms with E-state index in [1.807, 2.05) is 47.4 Å². The summed E-state index contributed by atoms with van der Waals surface area (Å²) in [4.78, 5) is 33.0. The fourth-order valence-corrected chi connectivity index (χ4v) is 4.94. The molecule has 0 aromatic heterocycles. The summed E-state index contributed by atoms with van der Waals surface area (Å²) in [6.45, 7) is 12.2. The van der Waals surface area contributed by atoms with Crippen molar-refractivity contribution in [2.24, 2.45) is 0 Å². The van der Waals surface area contributed by atoms with Gasteiger partial charge in [-0.15, -0.1) is 0 Å². The highest BCUT2D eigenvalue weighted by atomic mass is 16.5. The Kier molecular flexibility index (Phi) is 13.3. The quantitative estimate of drug-likeness (QED) is 0.320. The summed E-state index contributed by atoms with van der Waals surface area (Å²) in [5.41, 5.74) is 1.52. The van der Waals surface area contributed by atoms with Gasteiger partial charge in [-0.2, -0.15) is 0 Å². The van der Waals surface area contributed by atoms with Crippen LogP contribution in [0.15, 0.2) is 54.6 Å². The van der Waals surface area contributed by atoms with E-state index in [2.05, 4.69) is 29.0 Å². The summed E-state index contributed by atoms with van der Waals surface area (Å²) >= 11 is 0. The Labute approximate surface area is 233 Å². The molecular weight excluding hydrogens is 492 g/mol. The van der Waals surface area contributed by atoms with E-state index in [0.717, 1.165) is 69.8 Å². The minimum absolute atomic E-state index is 0.0412. The largest absolute Gasteiger partial charge is 0.494 e. The highest BCUT2D eigenvalue weighted by Gasteiger charge is 2.26. The lowest BCUT2D eigenvalue weighted by atomic mass is 10.0. The second kappa shape index (κ2) is 16.9. The number of carbonyl (C=O) groups excluding carboxylic acids is 2. The van der Waals surface area contributed by atoms with E-state index in [9.17, 15) is 9.59 Å². The molecule has 1 heterocycles. The molecule has 2 amide bonds. The summed E-state index contributed by atoms with van der Waals surface area (Å²) in [6, 6.07) is 16.2. The van der Waals surface area contributed by atoms with Gasteiger partial charge >= 0.3 is 0 Å². The van der Waals surface area contributed by atoms with E-state index in [1.165, 1.54) is 0 Å². The van der Waals surface area contributed by atoms with Crippen LogP contribution in [0.5, 0.6) is 5.75 Å². The second-order valence-corrected chi connectivity index (χ2v) is 10.2. The maximum absolute atomic E-state index is 13.5. The highest BCUT2D eigenvalue weighted by molar-refractivity contribution is 5.97. The lowest BCUT2D eigenvalue weighted by Crippen LogP contribution is -2.50. The van der Waals surface area contributed by atoms with Crippen LogP contribution in [0.2, 0.25) is 0 Å². The molecule has 2 aromatic rings. The van der Waals surface area contributed by atoms with Crippen molar-refractivity contribution in [3.05, 3.63) is 65.7 Å². The van der Waals surface area contributed by atoms with Gasteiger partial charge in [-0.05, 0) is 49.1 Å². The van der Waals surface area contributed by atoms with Crippen LogP contribution in [0.4, 0.5) is 0 Å². The van der Waals surface area contributed by atoms with Crippen LogP contribution < -0.4 is 10.1 Å². The molecule has 0 radical (unpaired) electrons. The van der Waals surface area contributed by atoms with Crippen molar-refractivity contribution in [1.29, 1.82) is 0 Å². The van der Waals surface area contributed by atoms with Crippen LogP contribution in [0.25, 0.3) is 0 Å². The van der Waals surface area contributed by atoms with E-state index in [0.29, 0.717) is 31.7 Å². The van der Waals surface area contributed by atoms with E-state index in [1.54, 1.807) is 12.1 Å². The number of amides is 2. The van der Waals surface area contributed by atoms with Crippen molar-refractivity contribution >= 4 is 11.8 Å². The van der Waals surface area contributed by atoms with Crippen molar-refractivity contribution in [3.63, 3.8) is 0 Å². The predicted octanol–water partition coefficient (Wildman–Crippen LogP) is 3.06. The molecule has 8 heteroatoms. The molecule has 0 saturated carbocycles. The Morgan fingerprint density at radius 2 is 1.54 bits per heavy atom. The van der Waals surface area contributed by atoms with Gasteiger partial charge in [-0.3, -0.25) is 14.5 Å². The number of aliphatic hydroxyl groups is 1. The molecule has 214 valence electrons. The minimum Gasteiger partial charge on any atom is -0.494 e. The number of aliphatic hydroxyl groups excluding tert-OH is 1. The van der Waals surface area contributed by atoms with Gasteiger partial charge < -0.3 is 25.0 Å². The third-order valence-corrected chi connectivity index (χ3v) is 7.07. The maximum atomic E-state index is 13.5. The average molecular weight is 539 g/mol. The first-order valence-electron chi connectivity index (χ1n) is 14.5. The number of piperazine rings is 1. The molecule has 8 nitrogen and oxygen atoms in total. The van der Waals surface area contributed by atoms with Crippen LogP contribution in [0.3, 0.4) is 0 Å². The first kappa shape index (κ1) is 30.6. The van der Waals surface area contributed by atoms with E-state index in [-0.39, 0.29) is 18.4 Å². The summed E-state index contributed by atoms with van der Waals surface area (Å²) < 4.78 is 5.97. The van der Waals surface area contributed by atoms with Gasteiger partial charge in [0, 0.05) is 64.3 Å². The standard InChI is InChI=1S/C31H46N4O4/c1-3-15-35(16-4-2)31(38)29(32-30(37)27-9-6-5-7-10-27)25-26-11-13-28(14-12-26)39-24-8-17-33-18-20-34(21-19-33)22-23-36/h5-7,9-14,29,36H,3-4,8,15-25H2,1-2H3,(H,32,37)/t29-/m0/s1. The molecule has 2 N–H and O–H groups in total. The smallest absolute Gasteiger partial charge is 0.251 e. The molecule has 1 atom stereocenters. The van der Waals surface area contributed by atoms with Crippen molar-refractivity contribution < 1.29 is 19.4 Å². The Hall–Kier alpha value is -2.94. The van der Waals surface area contributed by atoms with Crippen molar-refractivity contribution in [2.75, 3.05) is 65.6 Å². The molecule has 0 spiro atoms. The first-order valence-corrected chi connectivity index (χ1v) is 14.5. The van der Waals surface area contributed by atoms with E-state index >= 15 is 0 Å². The number of nitrogens with zero attached hydrogens (tertiary/aromatic N) is 3. The number of hydrogen-bond acceptors (Lipinski definition) is 6. The normalized spacial score (nSPS) is 15.1. The highest BCUT2D eigenvalue weighted by Crippen LogP contribution is 2.16. The Balaban J connectivity index is 1.53. The van der Waals surface area contributed by atoms with Crippen molar-refractivity contribution in [2.45, 2.75) is 45.6 Å². The molecule has 1 fully saturated rings. The molecule has 1 aliphatic rings. The summed E-state index contributed by atoms with van der Waals surface area (Å²) in [5.74, 6) is 0.526. The zero-order valence-corrected chi connectivity index (χ0v) is 23.7. The van der Waals surface area contributed by atoms with Gasteiger partial charge in [0.2, 0.25) is 5.91 Å². The number of benzene rings is 2. The average Bonchev–Trinajstić information content (AvgIpc) is 2.96. The SMILES string of the molecule is CCCN(CCC)C(=O)[C@H](Cc1ccc(OCCCN2CCN(CCO)CC2)cc1)NC(=O)c1ccccc1. The zero-order valence-electron chi connectivity index (χ0n) is 23.7. The zero-order chi connectivity index (χ0) is 27.9. The number of nitrogens with one attached hydrogen (secondary N) is 1.